The molecule has 10 nitrogen and oxygen atoms in total. The van der Waals surface area contributed by atoms with Gasteiger partial charge in [-0.1, -0.05) is 12.1 Å². The second-order valence-electron chi connectivity index (χ2n) is 5.89. The van der Waals surface area contributed by atoms with Crippen molar-refractivity contribution < 1.29 is 40.2 Å². The maximum atomic E-state index is 12.2. The first-order valence-corrected chi connectivity index (χ1v) is 10.2. The normalized spacial score (nSPS) is 13.2. The molecule has 2 aromatic rings. The van der Waals surface area contributed by atoms with Crippen LogP contribution in [0.25, 0.3) is 0 Å². The quantitative estimate of drug-likeness (QED) is 0.293. The van der Waals surface area contributed by atoms with Crippen LogP contribution in [0.4, 0.5) is 19.0 Å². The smallest absolute Gasteiger partial charge is 0.406 e. The van der Waals surface area contributed by atoms with Crippen molar-refractivity contribution in [3.8, 4) is 5.75 Å². The van der Waals surface area contributed by atoms with Crippen LogP contribution in [0.2, 0.25) is 5.28 Å². The molecule has 0 N–H and O–H groups in total. The van der Waals surface area contributed by atoms with Crippen molar-refractivity contribution in [1.82, 2.24) is 9.55 Å². The zero-order valence-corrected chi connectivity index (χ0v) is 16.8. The average molecular weight is 474 g/mol. The largest absolute Gasteiger partial charge is 0.573 e. The third-order valence-corrected chi connectivity index (χ3v) is 4.28. The molecule has 166 valence electrons. The number of hydrogen-bond acceptors (Lipinski definition) is 8. The van der Waals surface area contributed by atoms with E-state index in [-0.39, 0.29) is 18.4 Å². The van der Waals surface area contributed by atoms with Crippen LogP contribution in [-0.2, 0) is 32.2 Å². The van der Waals surface area contributed by atoms with Gasteiger partial charge in [0.05, 0.1) is 26.0 Å². The number of ether oxygens (including phenoxy) is 2. The molecule has 30 heavy (non-hydrogen) atoms. The minimum absolute atomic E-state index is 0.126. The maximum Gasteiger partial charge on any atom is 0.573 e. The van der Waals surface area contributed by atoms with E-state index in [4.69, 9.17) is 20.5 Å². The molecule has 0 aliphatic rings. The lowest BCUT2D eigenvalue weighted by Gasteiger charge is -2.18. The first-order valence-electron chi connectivity index (χ1n) is 8.00. The number of benzene rings is 1. The van der Waals surface area contributed by atoms with Gasteiger partial charge in [-0.15, -0.1) is 13.2 Å². The summed E-state index contributed by atoms with van der Waals surface area (Å²) in [6.07, 6.45) is -3.88. The van der Waals surface area contributed by atoms with Crippen LogP contribution in [0.15, 0.2) is 30.5 Å². The number of halogens is 4. The Bertz CT molecular complexity index is 980. The molecule has 0 saturated heterocycles. The zero-order chi connectivity index (χ0) is 22.5. The van der Waals surface area contributed by atoms with E-state index < -0.39 is 45.7 Å². The second kappa shape index (κ2) is 9.59. The van der Waals surface area contributed by atoms with Gasteiger partial charge < -0.3 is 19.6 Å². The number of aromatic nitrogens is 2. The standard InChI is InChI=1S/C15H15ClF3N3O7S/c1-30(25,26)28-9-12(6-21-7-13(22(23)24)20-14(21)16)27-8-10-2-4-11(5-3-10)29-15(17,18)19/h2-5,7,12H,6,8-9H2,1H3/t12-/m0/s1. The van der Waals surface area contributed by atoms with Crippen molar-refractivity contribution in [2.45, 2.75) is 25.6 Å². The van der Waals surface area contributed by atoms with Crippen LogP contribution >= 0.6 is 11.6 Å². The Morgan fingerprint density at radius 2 is 1.93 bits per heavy atom. The van der Waals surface area contributed by atoms with Crippen molar-refractivity contribution in [3.05, 3.63) is 51.4 Å². The first-order chi connectivity index (χ1) is 13.8. The first kappa shape index (κ1) is 23.9. The lowest BCUT2D eigenvalue weighted by Crippen LogP contribution is -2.27. The Labute approximate surface area is 173 Å². The summed E-state index contributed by atoms with van der Waals surface area (Å²) in [6.45, 7) is -0.695. The van der Waals surface area contributed by atoms with E-state index in [0.717, 1.165) is 24.6 Å². The molecule has 0 aliphatic heterocycles. The average Bonchev–Trinajstić information content (AvgIpc) is 2.97. The summed E-state index contributed by atoms with van der Waals surface area (Å²) in [7, 11) is -3.80. The summed E-state index contributed by atoms with van der Waals surface area (Å²) >= 11 is 5.84. The van der Waals surface area contributed by atoms with Crippen molar-refractivity contribution >= 4 is 27.5 Å². The summed E-state index contributed by atoms with van der Waals surface area (Å²) in [5.41, 5.74) is 0.455. The molecule has 2 rings (SSSR count). The molecule has 1 atom stereocenters. The van der Waals surface area contributed by atoms with E-state index in [1.54, 1.807) is 0 Å². The molecule has 0 aliphatic carbocycles. The fourth-order valence-corrected chi connectivity index (χ4v) is 2.77. The van der Waals surface area contributed by atoms with Crippen LogP contribution in [0.3, 0.4) is 0 Å². The minimum Gasteiger partial charge on any atom is -0.406 e. The van der Waals surface area contributed by atoms with E-state index in [0.29, 0.717) is 5.56 Å². The topological polar surface area (TPSA) is 123 Å². The van der Waals surface area contributed by atoms with E-state index >= 15 is 0 Å². The SMILES string of the molecule is CS(=O)(=O)OC[C@H](Cn1cc([N+](=O)[O-])nc1Cl)OCc1ccc(OC(F)(F)F)cc1. The van der Waals surface area contributed by atoms with Gasteiger partial charge in [0.2, 0.25) is 0 Å². The summed E-state index contributed by atoms with van der Waals surface area (Å²) in [4.78, 5) is 13.6. The lowest BCUT2D eigenvalue weighted by atomic mass is 10.2. The number of nitrogens with zero attached hydrogens (tertiary/aromatic N) is 3. The third kappa shape index (κ3) is 8.14. The molecule has 0 unspecified atom stereocenters. The molecule has 0 fully saturated rings. The summed E-state index contributed by atoms with van der Waals surface area (Å²) in [5.74, 6) is -0.927. The number of alkyl halides is 3. The summed E-state index contributed by atoms with van der Waals surface area (Å²) < 4.78 is 74.3. The van der Waals surface area contributed by atoms with Crippen molar-refractivity contribution in [1.29, 1.82) is 0 Å². The fraction of sp³-hybridized carbons (Fsp3) is 0.400. The van der Waals surface area contributed by atoms with Crippen molar-refractivity contribution in [2.24, 2.45) is 0 Å². The molecule has 0 bridgehead atoms. The molecule has 0 amide bonds. The van der Waals surface area contributed by atoms with Gasteiger partial charge in [0, 0.05) is 0 Å². The van der Waals surface area contributed by atoms with Crippen molar-refractivity contribution in [2.75, 3.05) is 12.9 Å². The molecular formula is C15H15ClF3N3O7S. The monoisotopic (exact) mass is 473 g/mol. The number of imidazole rings is 1. The van der Waals surface area contributed by atoms with Gasteiger partial charge in [0.15, 0.2) is 0 Å². The molecule has 1 aromatic carbocycles. The van der Waals surface area contributed by atoms with Crippen LogP contribution < -0.4 is 4.74 Å². The van der Waals surface area contributed by atoms with Gasteiger partial charge in [-0.25, -0.2) is 0 Å². The maximum absolute atomic E-state index is 12.2. The summed E-state index contributed by atoms with van der Waals surface area (Å²) in [6, 6.07) is 4.82. The molecule has 0 spiro atoms. The lowest BCUT2D eigenvalue weighted by molar-refractivity contribution is -0.389. The predicted molar refractivity (Wildman–Crippen MR) is 96.4 cm³/mol. The Hall–Kier alpha value is -2.42. The highest BCUT2D eigenvalue weighted by Crippen LogP contribution is 2.23. The van der Waals surface area contributed by atoms with E-state index in [1.807, 2.05) is 0 Å². The van der Waals surface area contributed by atoms with Gasteiger partial charge >= 0.3 is 17.5 Å². The van der Waals surface area contributed by atoms with Gasteiger partial charge in [-0.3, -0.25) is 8.75 Å². The highest BCUT2D eigenvalue weighted by molar-refractivity contribution is 7.85. The van der Waals surface area contributed by atoms with Gasteiger partial charge in [-0.2, -0.15) is 8.42 Å². The van der Waals surface area contributed by atoms with Gasteiger partial charge in [0.1, 0.15) is 18.1 Å². The molecule has 1 heterocycles. The molecular weight excluding hydrogens is 459 g/mol. The molecule has 0 saturated carbocycles. The Morgan fingerprint density at radius 1 is 1.30 bits per heavy atom. The van der Waals surface area contributed by atoms with Crippen LogP contribution in [0.1, 0.15) is 5.56 Å². The highest BCUT2D eigenvalue weighted by Gasteiger charge is 2.31. The third-order valence-electron chi connectivity index (χ3n) is 3.41. The second-order valence-corrected chi connectivity index (χ2v) is 7.87. The predicted octanol–water partition coefficient (Wildman–Crippen LogP) is 2.90. The fourth-order valence-electron chi connectivity index (χ4n) is 2.17. The van der Waals surface area contributed by atoms with Gasteiger partial charge in [-0.05, 0) is 39.2 Å². The van der Waals surface area contributed by atoms with E-state index in [1.165, 1.54) is 16.7 Å². The number of hydrogen-bond donors (Lipinski definition) is 0. The van der Waals surface area contributed by atoms with Gasteiger partial charge in [0.25, 0.3) is 10.1 Å². The Morgan fingerprint density at radius 3 is 2.43 bits per heavy atom. The molecule has 0 radical (unpaired) electrons. The van der Waals surface area contributed by atoms with Crippen LogP contribution in [-0.4, -0.2) is 48.2 Å². The minimum atomic E-state index is -4.82. The molecule has 15 heteroatoms. The van der Waals surface area contributed by atoms with Crippen LogP contribution in [0.5, 0.6) is 5.75 Å². The highest BCUT2D eigenvalue weighted by atomic mass is 35.5. The Kier molecular flexibility index (Phi) is 7.63. The molecule has 1 aromatic heterocycles. The van der Waals surface area contributed by atoms with Crippen LogP contribution in [0, 0.1) is 10.1 Å². The van der Waals surface area contributed by atoms with E-state index in [9.17, 15) is 31.7 Å². The Balaban J connectivity index is 2.07. The van der Waals surface area contributed by atoms with E-state index in [2.05, 4.69) is 9.72 Å². The summed E-state index contributed by atoms with van der Waals surface area (Å²) in [5, 5.41) is 10.6. The zero-order valence-electron chi connectivity index (χ0n) is 15.2. The van der Waals surface area contributed by atoms with Crippen molar-refractivity contribution in [3.63, 3.8) is 0 Å². The number of nitro groups is 1. The number of rotatable bonds is 10.